The fraction of sp³-hybridized carbons (Fsp3) is 0.278. The lowest BCUT2D eigenvalue weighted by Gasteiger charge is -2.24. The predicted octanol–water partition coefficient (Wildman–Crippen LogP) is 1.42. The van der Waals surface area contributed by atoms with Gasteiger partial charge in [0.2, 0.25) is 0 Å². The highest BCUT2D eigenvalue weighted by atomic mass is 32.1. The molecule has 2 aliphatic heterocycles. The van der Waals surface area contributed by atoms with E-state index < -0.39 is 4.92 Å². The Kier molecular flexibility index (Phi) is 4.21. The number of rotatable bonds is 3. The molecule has 134 valence electrons. The molecule has 2 aliphatic rings. The third-order valence-electron chi connectivity index (χ3n) is 4.76. The van der Waals surface area contributed by atoms with E-state index in [0.29, 0.717) is 5.56 Å². The fourth-order valence-corrected chi connectivity index (χ4v) is 4.84. The van der Waals surface area contributed by atoms with E-state index in [1.807, 2.05) is 0 Å². The molecule has 2 atom stereocenters. The van der Waals surface area contributed by atoms with Crippen LogP contribution in [0.5, 0.6) is 0 Å². The van der Waals surface area contributed by atoms with Crippen LogP contribution in [0.1, 0.15) is 26.4 Å². The number of nitrogens with one attached hydrogen (secondary N) is 3. The summed E-state index contributed by atoms with van der Waals surface area (Å²) >= 11 is 1.64. The maximum absolute atomic E-state index is 12.6. The fourth-order valence-electron chi connectivity index (χ4n) is 3.44. The summed E-state index contributed by atoms with van der Waals surface area (Å²) in [6, 6.07) is 6.55. The van der Waals surface area contributed by atoms with Crippen molar-refractivity contribution >= 4 is 34.0 Å². The minimum atomic E-state index is -0.406. The number of likely N-dealkylation sites (N-methyl/N-ethyl adjacent to an activating group) is 1. The molecule has 1 unspecified atom stereocenters. The van der Waals surface area contributed by atoms with Gasteiger partial charge in [-0.25, -0.2) is 0 Å². The molecule has 0 spiro atoms. The minimum absolute atomic E-state index is 0.0455. The zero-order chi connectivity index (χ0) is 18.3. The summed E-state index contributed by atoms with van der Waals surface area (Å²) in [6.45, 7) is 1.98. The van der Waals surface area contributed by atoms with E-state index in [1.54, 1.807) is 41.7 Å². The third-order valence-corrected chi connectivity index (χ3v) is 5.92. The summed E-state index contributed by atoms with van der Waals surface area (Å²) in [5, 5.41) is 18.3. The summed E-state index contributed by atoms with van der Waals surface area (Å²) in [6.07, 6.45) is 3.95. The molecule has 0 bridgehead atoms. The van der Waals surface area contributed by atoms with Gasteiger partial charge < -0.3 is 15.5 Å². The molecule has 1 aromatic carbocycles. The topological polar surface area (TPSA) is 88.7 Å². The molecule has 4 rings (SSSR count). The summed E-state index contributed by atoms with van der Waals surface area (Å²) in [4.78, 5) is 26.0. The summed E-state index contributed by atoms with van der Waals surface area (Å²) in [5.74, 6) is -0.0759. The van der Waals surface area contributed by atoms with Crippen LogP contribution in [-0.2, 0) is 13.0 Å². The standard InChI is InChI=1S/C18H18N4O3S/c1-21-9-8-12-14(10-21)26-18-16(12)17(23)19-15(20-18)7-6-11-4-2-3-5-13(11)22(24)25/h2-7,15,20H,8-10H2,1H3,(H,19,23)/p+1/b7-6+/t15-/m1/s1. The number of amides is 1. The number of carbonyl (C=O) groups excluding carboxylic acids is 1. The molecule has 3 N–H and O–H groups in total. The first-order chi connectivity index (χ1) is 12.5. The molecule has 2 aromatic rings. The van der Waals surface area contributed by atoms with Crippen molar-refractivity contribution in [2.24, 2.45) is 0 Å². The zero-order valence-electron chi connectivity index (χ0n) is 14.2. The maximum Gasteiger partial charge on any atom is 0.276 e. The predicted molar refractivity (Wildman–Crippen MR) is 100 cm³/mol. The van der Waals surface area contributed by atoms with Gasteiger partial charge in [0.15, 0.2) is 0 Å². The number of hydrogen-bond acceptors (Lipinski definition) is 5. The van der Waals surface area contributed by atoms with Crippen molar-refractivity contribution in [3.8, 4) is 0 Å². The highest BCUT2D eigenvalue weighted by Gasteiger charge is 2.32. The lowest BCUT2D eigenvalue weighted by atomic mass is 10.0. The van der Waals surface area contributed by atoms with E-state index in [9.17, 15) is 14.9 Å². The van der Waals surface area contributed by atoms with Crippen LogP contribution in [0.25, 0.3) is 6.08 Å². The number of benzene rings is 1. The van der Waals surface area contributed by atoms with Crippen LogP contribution in [0.2, 0.25) is 0 Å². The number of thiophene rings is 1. The molecule has 0 radical (unpaired) electrons. The van der Waals surface area contributed by atoms with Gasteiger partial charge in [-0.15, -0.1) is 11.3 Å². The maximum atomic E-state index is 12.6. The Hall–Kier alpha value is -2.71. The van der Waals surface area contributed by atoms with Crippen molar-refractivity contribution in [1.29, 1.82) is 0 Å². The normalized spacial score (nSPS) is 21.7. The molecule has 0 fully saturated rings. The quantitative estimate of drug-likeness (QED) is 0.562. The number of nitro groups is 1. The van der Waals surface area contributed by atoms with Gasteiger partial charge in [-0.3, -0.25) is 14.9 Å². The lowest BCUT2D eigenvalue weighted by Crippen LogP contribution is -3.08. The van der Waals surface area contributed by atoms with Gasteiger partial charge in [-0.05, 0) is 23.8 Å². The van der Waals surface area contributed by atoms with Crippen LogP contribution in [-0.4, -0.2) is 30.6 Å². The third kappa shape index (κ3) is 2.97. The molecule has 1 aromatic heterocycles. The molecule has 7 nitrogen and oxygen atoms in total. The first kappa shape index (κ1) is 16.7. The van der Waals surface area contributed by atoms with Gasteiger partial charge in [0, 0.05) is 12.5 Å². The van der Waals surface area contributed by atoms with Crippen LogP contribution in [0.3, 0.4) is 0 Å². The first-order valence-electron chi connectivity index (χ1n) is 8.48. The Morgan fingerprint density at radius 2 is 2.15 bits per heavy atom. The van der Waals surface area contributed by atoms with Crippen molar-refractivity contribution < 1.29 is 14.6 Å². The molecule has 1 amide bonds. The van der Waals surface area contributed by atoms with Crippen LogP contribution in [0.4, 0.5) is 10.7 Å². The van der Waals surface area contributed by atoms with Gasteiger partial charge in [0.05, 0.1) is 34.5 Å². The second-order valence-electron chi connectivity index (χ2n) is 6.61. The Morgan fingerprint density at radius 3 is 2.96 bits per heavy atom. The monoisotopic (exact) mass is 371 g/mol. The highest BCUT2D eigenvalue weighted by Crippen LogP contribution is 2.36. The molecule has 0 saturated heterocycles. The molecular weight excluding hydrogens is 352 g/mol. The summed E-state index contributed by atoms with van der Waals surface area (Å²) in [5.41, 5.74) is 2.49. The highest BCUT2D eigenvalue weighted by molar-refractivity contribution is 7.16. The smallest absolute Gasteiger partial charge is 0.276 e. The zero-order valence-corrected chi connectivity index (χ0v) is 15.1. The number of fused-ring (bicyclic) bond motifs is 3. The SMILES string of the molecule is C[NH+]1CCc2c(sc3c2C(=O)N[C@@H](/C=C/c2ccccc2[N+](=O)[O-])N3)C1. The number of quaternary nitrogens is 1. The number of para-hydroxylation sites is 1. The number of anilines is 1. The minimum Gasteiger partial charge on any atom is -0.353 e. The lowest BCUT2D eigenvalue weighted by molar-refractivity contribution is -0.895. The van der Waals surface area contributed by atoms with Crippen molar-refractivity contribution in [2.45, 2.75) is 19.1 Å². The van der Waals surface area contributed by atoms with E-state index in [4.69, 9.17) is 0 Å². The average Bonchev–Trinajstić information content (AvgIpc) is 2.97. The molecule has 8 heteroatoms. The first-order valence-corrected chi connectivity index (χ1v) is 9.29. The largest absolute Gasteiger partial charge is 0.353 e. The van der Waals surface area contributed by atoms with E-state index in [1.165, 1.54) is 21.4 Å². The van der Waals surface area contributed by atoms with Gasteiger partial charge >= 0.3 is 0 Å². The van der Waals surface area contributed by atoms with Crippen molar-refractivity contribution in [3.63, 3.8) is 0 Å². The second-order valence-corrected chi connectivity index (χ2v) is 7.72. The van der Waals surface area contributed by atoms with Crippen LogP contribution in [0.15, 0.2) is 30.3 Å². The number of nitrogens with zero attached hydrogens (tertiary/aromatic N) is 1. The summed E-state index contributed by atoms with van der Waals surface area (Å²) in [7, 11) is 2.16. The van der Waals surface area contributed by atoms with Gasteiger partial charge in [-0.2, -0.15) is 0 Å². The van der Waals surface area contributed by atoms with E-state index >= 15 is 0 Å². The summed E-state index contributed by atoms with van der Waals surface area (Å²) < 4.78 is 0. The van der Waals surface area contributed by atoms with Gasteiger partial charge in [-0.1, -0.05) is 12.1 Å². The Balaban J connectivity index is 1.59. The van der Waals surface area contributed by atoms with E-state index in [0.717, 1.165) is 30.1 Å². The molecule has 0 saturated carbocycles. The number of carbonyl (C=O) groups is 1. The average molecular weight is 371 g/mol. The molecule has 3 heterocycles. The number of nitro benzene ring substituents is 1. The van der Waals surface area contributed by atoms with E-state index in [-0.39, 0.29) is 17.8 Å². The van der Waals surface area contributed by atoms with Crippen LogP contribution < -0.4 is 15.5 Å². The Morgan fingerprint density at radius 1 is 1.35 bits per heavy atom. The molecule has 26 heavy (non-hydrogen) atoms. The molecule has 0 aliphatic carbocycles. The van der Waals surface area contributed by atoms with Crippen LogP contribution >= 0.6 is 11.3 Å². The Labute approximate surface area is 154 Å². The second kappa shape index (κ2) is 6.54. The van der Waals surface area contributed by atoms with Gasteiger partial charge in [0.25, 0.3) is 11.6 Å². The van der Waals surface area contributed by atoms with E-state index in [2.05, 4.69) is 17.7 Å². The van der Waals surface area contributed by atoms with Crippen molar-refractivity contribution in [3.05, 3.63) is 62.0 Å². The van der Waals surface area contributed by atoms with Crippen molar-refractivity contribution in [1.82, 2.24) is 5.32 Å². The van der Waals surface area contributed by atoms with Crippen LogP contribution in [0, 0.1) is 10.1 Å². The Bertz CT molecular complexity index is 921. The van der Waals surface area contributed by atoms with Crippen molar-refractivity contribution in [2.75, 3.05) is 18.9 Å². The number of hydrogen-bond donors (Lipinski definition) is 3. The molecular formula is C18H19N4O3S+. The van der Waals surface area contributed by atoms with Gasteiger partial charge in [0.1, 0.15) is 17.7 Å².